The monoisotopic (exact) mass is 279 g/mol. The fourth-order valence-corrected chi connectivity index (χ4v) is 2.39. The molecular formula is C14H17NO5. The van der Waals surface area contributed by atoms with Crippen molar-refractivity contribution < 1.29 is 23.8 Å². The van der Waals surface area contributed by atoms with E-state index in [1.165, 1.54) is 26.2 Å². The van der Waals surface area contributed by atoms with Crippen LogP contribution in [0.3, 0.4) is 0 Å². The van der Waals surface area contributed by atoms with Gasteiger partial charge in [0.2, 0.25) is 5.75 Å². The van der Waals surface area contributed by atoms with Crippen molar-refractivity contribution in [2.24, 2.45) is 0 Å². The van der Waals surface area contributed by atoms with Crippen LogP contribution >= 0.6 is 0 Å². The molecule has 0 bridgehead atoms. The molecule has 0 saturated carbocycles. The molecule has 1 heterocycles. The van der Waals surface area contributed by atoms with E-state index in [4.69, 9.17) is 14.2 Å². The van der Waals surface area contributed by atoms with Crippen molar-refractivity contribution in [3.8, 4) is 17.2 Å². The summed E-state index contributed by atoms with van der Waals surface area (Å²) < 4.78 is 15.7. The summed E-state index contributed by atoms with van der Waals surface area (Å²) in [4.78, 5) is 25.7. The van der Waals surface area contributed by atoms with Crippen LogP contribution in [0.1, 0.15) is 24.2 Å². The normalized spacial score (nSPS) is 13.8. The van der Waals surface area contributed by atoms with Gasteiger partial charge in [-0.3, -0.25) is 9.59 Å². The van der Waals surface area contributed by atoms with E-state index in [-0.39, 0.29) is 17.4 Å². The Morgan fingerprint density at radius 1 is 1.00 bits per heavy atom. The highest BCUT2D eigenvalue weighted by molar-refractivity contribution is 6.53. The fraction of sp³-hybridized carbons (Fsp3) is 0.429. The molecule has 0 saturated heterocycles. The Labute approximate surface area is 117 Å². The summed E-state index contributed by atoms with van der Waals surface area (Å²) in [5.41, 5.74) is 0.716. The second-order valence-electron chi connectivity index (χ2n) is 4.64. The number of benzene rings is 1. The number of fused-ring (bicyclic) bond motifs is 1. The number of Topliss-reactive ketones (excluding diaryl/α,β-unsaturated/α-hetero) is 1. The molecule has 1 aliphatic heterocycles. The fourth-order valence-electron chi connectivity index (χ4n) is 2.39. The van der Waals surface area contributed by atoms with Crippen LogP contribution in [0.2, 0.25) is 0 Å². The van der Waals surface area contributed by atoms with E-state index < -0.39 is 11.7 Å². The first-order valence-corrected chi connectivity index (χ1v) is 6.18. The van der Waals surface area contributed by atoms with Crippen molar-refractivity contribution >= 4 is 17.4 Å². The molecule has 0 atom stereocenters. The minimum atomic E-state index is -0.591. The predicted octanol–water partition coefficient (Wildman–Crippen LogP) is 1.65. The lowest BCUT2D eigenvalue weighted by atomic mass is 10.1. The molecule has 0 N–H and O–H groups in total. The molecule has 0 aliphatic carbocycles. The Morgan fingerprint density at radius 3 is 2.05 bits per heavy atom. The van der Waals surface area contributed by atoms with Gasteiger partial charge in [0.25, 0.3) is 11.7 Å². The van der Waals surface area contributed by atoms with Crippen LogP contribution in [-0.4, -0.2) is 39.1 Å². The first-order valence-electron chi connectivity index (χ1n) is 6.18. The maximum Gasteiger partial charge on any atom is 0.299 e. The molecule has 108 valence electrons. The van der Waals surface area contributed by atoms with E-state index in [1.807, 2.05) is 13.8 Å². The highest BCUT2D eigenvalue weighted by Crippen LogP contribution is 2.48. The van der Waals surface area contributed by atoms with E-state index in [9.17, 15) is 9.59 Å². The predicted molar refractivity (Wildman–Crippen MR) is 73.1 cm³/mol. The minimum absolute atomic E-state index is 0.143. The van der Waals surface area contributed by atoms with Gasteiger partial charge in [0.05, 0.1) is 32.6 Å². The number of nitrogens with zero attached hydrogens (tertiary/aromatic N) is 1. The highest BCUT2D eigenvalue weighted by atomic mass is 16.5. The average Bonchev–Trinajstić information content (AvgIpc) is 2.68. The first-order chi connectivity index (χ1) is 9.47. The number of methoxy groups -OCH3 is 3. The summed E-state index contributed by atoms with van der Waals surface area (Å²) >= 11 is 0. The number of carbonyl (C=O) groups excluding carboxylic acids is 2. The van der Waals surface area contributed by atoms with Crippen LogP contribution in [0.15, 0.2) is 6.07 Å². The SMILES string of the molecule is COc1cc2c(c(OC)c1OC)C(=O)C(=O)N2C(C)C. The van der Waals surface area contributed by atoms with Gasteiger partial charge in [-0.1, -0.05) is 0 Å². The second-order valence-corrected chi connectivity index (χ2v) is 4.64. The van der Waals surface area contributed by atoms with Gasteiger partial charge in [-0.05, 0) is 13.8 Å². The van der Waals surface area contributed by atoms with Crippen LogP contribution in [0.4, 0.5) is 5.69 Å². The van der Waals surface area contributed by atoms with Crippen LogP contribution in [0.5, 0.6) is 17.2 Å². The summed E-state index contributed by atoms with van der Waals surface area (Å²) in [6, 6.07) is 1.48. The Morgan fingerprint density at radius 2 is 1.60 bits per heavy atom. The maximum absolute atomic E-state index is 12.2. The third-order valence-corrected chi connectivity index (χ3v) is 3.23. The number of rotatable bonds is 4. The Hall–Kier alpha value is -2.24. The van der Waals surface area contributed by atoms with Crippen molar-refractivity contribution in [2.75, 3.05) is 26.2 Å². The van der Waals surface area contributed by atoms with Crippen LogP contribution < -0.4 is 19.1 Å². The molecular weight excluding hydrogens is 262 g/mol. The molecule has 0 unspecified atom stereocenters. The second kappa shape index (κ2) is 5.03. The highest BCUT2D eigenvalue weighted by Gasteiger charge is 2.42. The first kappa shape index (κ1) is 14.2. The molecule has 1 aliphatic rings. The lowest BCUT2D eigenvalue weighted by Gasteiger charge is -2.22. The number of carbonyl (C=O) groups is 2. The van der Waals surface area contributed by atoms with Gasteiger partial charge in [-0.15, -0.1) is 0 Å². The Kier molecular flexibility index (Phi) is 3.57. The number of hydrogen-bond acceptors (Lipinski definition) is 5. The van der Waals surface area contributed by atoms with Gasteiger partial charge in [-0.25, -0.2) is 0 Å². The maximum atomic E-state index is 12.2. The van der Waals surface area contributed by atoms with E-state index in [2.05, 4.69) is 0 Å². The molecule has 0 aromatic heterocycles. The quantitative estimate of drug-likeness (QED) is 0.784. The Bertz CT molecular complexity index is 579. The zero-order valence-corrected chi connectivity index (χ0v) is 12.1. The lowest BCUT2D eigenvalue weighted by molar-refractivity contribution is -0.114. The van der Waals surface area contributed by atoms with Gasteiger partial charge in [0, 0.05) is 12.1 Å². The van der Waals surface area contributed by atoms with E-state index >= 15 is 0 Å². The van der Waals surface area contributed by atoms with Gasteiger partial charge < -0.3 is 19.1 Å². The standard InChI is InChI=1S/C14H17NO5/c1-7(2)15-8-6-9(18-3)12(19-4)13(20-5)10(8)11(16)14(15)17/h6-7H,1-5H3. The van der Waals surface area contributed by atoms with Gasteiger partial charge in [0.1, 0.15) is 0 Å². The third-order valence-electron chi connectivity index (χ3n) is 3.23. The molecule has 1 aromatic rings. The molecule has 0 radical (unpaired) electrons. The third kappa shape index (κ3) is 1.79. The number of hydrogen-bond donors (Lipinski definition) is 0. The van der Waals surface area contributed by atoms with E-state index in [0.29, 0.717) is 17.2 Å². The number of ether oxygens (including phenoxy) is 3. The van der Waals surface area contributed by atoms with Crippen LogP contribution in [0.25, 0.3) is 0 Å². The minimum Gasteiger partial charge on any atom is -0.493 e. The smallest absolute Gasteiger partial charge is 0.299 e. The zero-order chi connectivity index (χ0) is 15.0. The average molecular weight is 279 g/mol. The van der Waals surface area contributed by atoms with Crippen molar-refractivity contribution in [3.05, 3.63) is 11.6 Å². The Balaban J connectivity index is 2.79. The summed E-state index contributed by atoms with van der Waals surface area (Å²) in [6.07, 6.45) is 0. The molecule has 0 fully saturated rings. The zero-order valence-electron chi connectivity index (χ0n) is 12.1. The van der Waals surface area contributed by atoms with Gasteiger partial charge in [-0.2, -0.15) is 0 Å². The molecule has 6 nitrogen and oxygen atoms in total. The molecule has 20 heavy (non-hydrogen) atoms. The van der Waals surface area contributed by atoms with Crippen molar-refractivity contribution in [1.29, 1.82) is 0 Å². The van der Waals surface area contributed by atoms with Crippen molar-refractivity contribution in [2.45, 2.75) is 19.9 Å². The summed E-state index contributed by atoms with van der Waals surface area (Å²) in [5.74, 6) is -0.213. The van der Waals surface area contributed by atoms with Crippen molar-refractivity contribution in [3.63, 3.8) is 0 Å². The molecule has 1 aromatic carbocycles. The largest absolute Gasteiger partial charge is 0.493 e. The lowest BCUT2D eigenvalue weighted by Crippen LogP contribution is -2.35. The van der Waals surface area contributed by atoms with E-state index in [1.54, 1.807) is 6.07 Å². The topological polar surface area (TPSA) is 65.1 Å². The number of anilines is 1. The molecule has 1 amide bonds. The summed E-state index contributed by atoms with van der Waals surface area (Å²) in [5, 5.41) is 0. The van der Waals surface area contributed by atoms with Crippen LogP contribution in [0, 0.1) is 0 Å². The van der Waals surface area contributed by atoms with Crippen LogP contribution in [-0.2, 0) is 4.79 Å². The van der Waals surface area contributed by atoms with Crippen molar-refractivity contribution in [1.82, 2.24) is 0 Å². The van der Waals surface area contributed by atoms with Gasteiger partial charge in [0.15, 0.2) is 11.5 Å². The number of ketones is 1. The number of amides is 1. The molecule has 6 heteroatoms. The molecule has 0 spiro atoms. The van der Waals surface area contributed by atoms with Gasteiger partial charge >= 0.3 is 0 Å². The van der Waals surface area contributed by atoms with E-state index in [0.717, 1.165) is 0 Å². The summed E-state index contributed by atoms with van der Waals surface area (Å²) in [6.45, 7) is 3.67. The summed E-state index contributed by atoms with van der Waals surface area (Å²) in [7, 11) is 4.36. The molecule has 2 rings (SSSR count).